The molecule has 1 aromatic rings. The van der Waals surface area contributed by atoms with Crippen LogP contribution in [0.25, 0.3) is 0 Å². The molecule has 1 heterocycles. The first kappa shape index (κ1) is 14.3. The van der Waals surface area contributed by atoms with E-state index >= 15 is 0 Å². The lowest BCUT2D eigenvalue weighted by Gasteiger charge is -2.35. The summed E-state index contributed by atoms with van der Waals surface area (Å²) >= 11 is 8.04. The summed E-state index contributed by atoms with van der Waals surface area (Å²) in [4.78, 5) is 4.71. The second-order valence-corrected chi connectivity index (χ2v) is 7.46. The Labute approximate surface area is 130 Å². The van der Waals surface area contributed by atoms with Gasteiger partial charge in [-0.15, -0.1) is 0 Å². The molecular weight excluding hydrogens is 288 g/mol. The third-order valence-corrected chi connectivity index (χ3v) is 6.01. The first-order chi connectivity index (χ1) is 9.67. The average Bonchev–Trinajstić information content (AvgIpc) is 2.85. The number of amidine groups is 1. The van der Waals surface area contributed by atoms with E-state index in [1.54, 1.807) is 0 Å². The van der Waals surface area contributed by atoms with E-state index in [0.717, 1.165) is 21.7 Å². The summed E-state index contributed by atoms with van der Waals surface area (Å²) in [6.45, 7) is 3.03. The molecule has 20 heavy (non-hydrogen) atoms. The van der Waals surface area contributed by atoms with Crippen LogP contribution in [0.4, 0.5) is 0 Å². The molecular formula is C16H21ClN2S. The molecule has 2 nitrogen and oxygen atoms in total. The molecule has 4 heteroatoms. The molecule has 108 valence electrons. The van der Waals surface area contributed by atoms with Crippen LogP contribution in [0.5, 0.6) is 0 Å². The molecule has 0 unspecified atom stereocenters. The maximum atomic E-state index is 6.17. The van der Waals surface area contributed by atoms with E-state index in [4.69, 9.17) is 16.6 Å². The van der Waals surface area contributed by atoms with Gasteiger partial charge >= 0.3 is 0 Å². The van der Waals surface area contributed by atoms with Crippen molar-refractivity contribution in [1.29, 1.82) is 0 Å². The summed E-state index contributed by atoms with van der Waals surface area (Å²) in [6.07, 6.45) is 5.25. The summed E-state index contributed by atoms with van der Waals surface area (Å²) in [5.74, 6) is 2.05. The minimum Gasteiger partial charge on any atom is -0.359 e. The largest absolute Gasteiger partial charge is 0.359 e. The van der Waals surface area contributed by atoms with Gasteiger partial charge in [0.2, 0.25) is 0 Å². The van der Waals surface area contributed by atoms with E-state index in [-0.39, 0.29) is 0 Å². The molecule has 0 radical (unpaired) electrons. The van der Waals surface area contributed by atoms with Crippen LogP contribution in [-0.2, 0) is 6.54 Å². The van der Waals surface area contributed by atoms with Gasteiger partial charge in [-0.3, -0.25) is 4.99 Å². The van der Waals surface area contributed by atoms with Gasteiger partial charge in [0.25, 0.3) is 0 Å². The van der Waals surface area contributed by atoms with Gasteiger partial charge in [0.15, 0.2) is 5.17 Å². The van der Waals surface area contributed by atoms with Gasteiger partial charge in [0.05, 0.1) is 6.54 Å². The lowest BCUT2D eigenvalue weighted by Crippen LogP contribution is -2.46. The van der Waals surface area contributed by atoms with Gasteiger partial charge in [-0.2, -0.15) is 0 Å². The molecule has 1 aliphatic heterocycles. The molecule has 0 amide bonds. The van der Waals surface area contributed by atoms with E-state index in [2.05, 4.69) is 12.2 Å². The Balaban J connectivity index is 1.62. The Morgan fingerprint density at radius 3 is 2.85 bits per heavy atom. The third kappa shape index (κ3) is 3.15. The van der Waals surface area contributed by atoms with E-state index in [9.17, 15) is 0 Å². The number of nitrogens with one attached hydrogen (secondary N) is 1. The number of thioether (sulfide) groups is 1. The van der Waals surface area contributed by atoms with Crippen molar-refractivity contribution < 1.29 is 0 Å². The maximum Gasteiger partial charge on any atom is 0.157 e. The molecule has 2 fully saturated rings. The van der Waals surface area contributed by atoms with Gasteiger partial charge in [0, 0.05) is 16.3 Å². The van der Waals surface area contributed by atoms with Gasteiger partial charge in [-0.05, 0) is 43.2 Å². The summed E-state index contributed by atoms with van der Waals surface area (Å²) in [6, 6.07) is 7.95. The zero-order chi connectivity index (χ0) is 14.0. The highest BCUT2D eigenvalue weighted by molar-refractivity contribution is 8.14. The fourth-order valence-corrected chi connectivity index (χ4v) is 4.37. The number of benzene rings is 1. The molecule has 0 bridgehead atoms. The quantitative estimate of drug-likeness (QED) is 0.871. The van der Waals surface area contributed by atoms with Crippen molar-refractivity contribution in [2.24, 2.45) is 10.9 Å². The Morgan fingerprint density at radius 1 is 1.35 bits per heavy atom. The number of hydrogen-bond acceptors (Lipinski definition) is 2. The second-order valence-electron chi connectivity index (χ2n) is 6.09. The Bertz CT molecular complexity index is 507. The summed E-state index contributed by atoms with van der Waals surface area (Å²) in [5.41, 5.74) is 1.42. The second kappa shape index (κ2) is 5.98. The maximum absolute atomic E-state index is 6.17. The Morgan fingerprint density at radius 2 is 2.10 bits per heavy atom. The first-order valence-corrected chi connectivity index (χ1v) is 8.72. The monoisotopic (exact) mass is 308 g/mol. The lowest BCUT2D eigenvalue weighted by molar-refractivity contribution is 0.251. The SMILES string of the molecule is CC1CCC2(CC1)CSC(=NCc1ccccc1Cl)N2. The smallest absolute Gasteiger partial charge is 0.157 e. The van der Waals surface area contributed by atoms with Crippen molar-refractivity contribution in [3.05, 3.63) is 34.9 Å². The van der Waals surface area contributed by atoms with Gasteiger partial charge in [-0.1, -0.05) is 48.5 Å². The highest BCUT2D eigenvalue weighted by atomic mass is 35.5. The Kier molecular flexibility index (Phi) is 4.27. The van der Waals surface area contributed by atoms with E-state index in [1.165, 1.54) is 31.4 Å². The van der Waals surface area contributed by atoms with E-state index in [0.29, 0.717) is 12.1 Å². The zero-order valence-electron chi connectivity index (χ0n) is 11.9. The van der Waals surface area contributed by atoms with Crippen LogP contribution >= 0.6 is 23.4 Å². The van der Waals surface area contributed by atoms with E-state index < -0.39 is 0 Å². The third-order valence-electron chi connectivity index (χ3n) is 4.44. The molecule has 1 saturated carbocycles. The van der Waals surface area contributed by atoms with Crippen molar-refractivity contribution in [2.75, 3.05) is 5.75 Å². The van der Waals surface area contributed by atoms with Gasteiger partial charge in [-0.25, -0.2) is 0 Å². The zero-order valence-corrected chi connectivity index (χ0v) is 13.4. The molecule has 1 saturated heterocycles. The minimum absolute atomic E-state index is 0.316. The number of hydrogen-bond donors (Lipinski definition) is 1. The average molecular weight is 309 g/mol. The predicted octanol–water partition coefficient (Wildman–Crippen LogP) is 4.48. The lowest BCUT2D eigenvalue weighted by atomic mass is 9.78. The normalized spacial score (nSPS) is 31.7. The van der Waals surface area contributed by atoms with Crippen molar-refractivity contribution in [1.82, 2.24) is 5.32 Å². The van der Waals surface area contributed by atoms with Gasteiger partial charge < -0.3 is 5.32 Å². The fourth-order valence-electron chi connectivity index (χ4n) is 2.96. The van der Waals surface area contributed by atoms with Gasteiger partial charge in [0.1, 0.15) is 0 Å². The van der Waals surface area contributed by atoms with Crippen molar-refractivity contribution in [3.63, 3.8) is 0 Å². The highest BCUT2D eigenvalue weighted by Gasteiger charge is 2.39. The first-order valence-electron chi connectivity index (χ1n) is 7.36. The molecule has 3 rings (SSSR count). The topological polar surface area (TPSA) is 24.4 Å². The molecule has 0 atom stereocenters. The van der Waals surface area contributed by atoms with Crippen LogP contribution in [-0.4, -0.2) is 16.5 Å². The number of nitrogens with zero attached hydrogens (tertiary/aromatic N) is 1. The highest BCUT2D eigenvalue weighted by Crippen LogP contribution is 2.38. The Hall–Kier alpha value is -0.670. The molecule has 1 aromatic carbocycles. The van der Waals surface area contributed by atoms with Crippen molar-refractivity contribution >= 4 is 28.5 Å². The standard InChI is InChI=1S/C16H21ClN2S/c1-12-6-8-16(9-7-12)11-20-15(19-16)18-10-13-4-2-3-5-14(13)17/h2-5,12H,6-11H2,1H3,(H,18,19). The van der Waals surface area contributed by atoms with Crippen LogP contribution in [0, 0.1) is 5.92 Å². The van der Waals surface area contributed by atoms with Crippen molar-refractivity contribution in [2.45, 2.75) is 44.7 Å². The summed E-state index contributed by atoms with van der Waals surface area (Å²) in [5, 5.41) is 5.59. The fraction of sp³-hybridized carbons (Fsp3) is 0.562. The van der Waals surface area contributed by atoms with Crippen molar-refractivity contribution in [3.8, 4) is 0 Å². The van der Waals surface area contributed by atoms with Crippen LogP contribution in [0.15, 0.2) is 29.3 Å². The van der Waals surface area contributed by atoms with Crippen LogP contribution in [0.2, 0.25) is 5.02 Å². The molecule has 2 aliphatic rings. The summed E-state index contributed by atoms with van der Waals surface area (Å²) in [7, 11) is 0. The van der Waals surface area contributed by atoms with Crippen LogP contribution < -0.4 is 5.32 Å². The number of rotatable bonds is 2. The molecule has 1 aliphatic carbocycles. The number of halogens is 1. The molecule has 0 aromatic heterocycles. The summed E-state index contributed by atoms with van der Waals surface area (Å²) < 4.78 is 0. The minimum atomic E-state index is 0.316. The predicted molar refractivity (Wildman–Crippen MR) is 88.5 cm³/mol. The van der Waals surface area contributed by atoms with E-state index in [1.807, 2.05) is 36.0 Å². The molecule has 1 spiro atoms. The molecule has 1 N–H and O–H groups in total. The van der Waals surface area contributed by atoms with Crippen LogP contribution in [0.3, 0.4) is 0 Å². The number of aliphatic imine (C=N–C) groups is 1. The van der Waals surface area contributed by atoms with Crippen LogP contribution in [0.1, 0.15) is 38.2 Å².